The van der Waals surface area contributed by atoms with Crippen molar-refractivity contribution in [2.75, 3.05) is 17.2 Å². The summed E-state index contributed by atoms with van der Waals surface area (Å²) in [5, 5.41) is 14.9. The van der Waals surface area contributed by atoms with E-state index in [0.29, 0.717) is 12.3 Å². The van der Waals surface area contributed by atoms with Crippen LogP contribution < -0.4 is 15.4 Å². The van der Waals surface area contributed by atoms with Gasteiger partial charge in [-0.2, -0.15) is 5.26 Å². The van der Waals surface area contributed by atoms with E-state index in [1.807, 2.05) is 37.3 Å². The number of aryl methyl sites for hydroxylation is 1. The fourth-order valence-corrected chi connectivity index (χ4v) is 2.14. The molecule has 2 N–H and O–H groups in total. The Morgan fingerprint density at radius 2 is 1.72 bits per heavy atom. The molecule has 1 amide bonds. The third kappa shape index (κ3) is 5.40. The third-order valence-electron chi connectivity index (χ3n) is 3.53. The summed E-state index contributed by atoms with van der Waals surface area (Å²) in [7, 11) is 0. The molecule has 0 fully saturated rings. The molecule has 5 nitrogen and oxygen atoms in total. The molecule has 0 aliphatic rings. The number of amides is 1. The lowest BCUT2D eigenvalue weighted by atomic mass is 10.1. The first kappa shape index (κ1) is 18.1. The average Bonchev–Trinajstić information content (AvgIpc) is 2.64. The highest BCUT2D eigenvalue weighted by molar-refractivity contribution is 6.06. The summed E-state index contributed by atoms with van der Waals surface area (Å²) < 4.78 is 5.35. The van der Waals surface area contributed by atoms with Gasteiger partial charge in [0.1, 0.15) is 17.4 Å². The number of benzene rings is 2. The monoisotopic (exact) mass is 335 g/mol. The molecule has 0 spiro atoms. The van der Waals surface area contributed by atoms with E-state index >= 15 is 0 Å². The Kier molecular flexibility index (Phi) is 6.61. The fourth-order valence-electron chi connectivity index (χ4n) is 2.14. The highest BCUT2D eigenvalue weighted by atomic mass is 16.5. The molecule has 0 aliphatic carbocycles. The predicted molar refractivity (Wildman–Crippen MR) is 99.4 cm³/mol. The molecular formula is C20H21N3O2. The predicted octanol–water partition coefficient (Wildman–Crippen LogP) is 4.11. The topological polar surface area (TPSA) is 74.1 Å². The largest absolute Gasteiger partial charge is 0.494 e. The van der Waals surface area contributed by atoms with Crippen molar-refractivity contribution in [3.8, 4) is 11.8 Å². The van der Waals surface area contributed by atoms with Gasteiger partial charge in [0.2, 0.25) is 0 Å². The maximum atomic E-state index is 12.2. The molecule has 128 valence electrons. The van der Waals surface area contributed by atoms with Gasteiger partial charge < -0.3 is 15.4 Å². The number of carbonyl (C=O) groups is 1. The quantitative estimate of drug-likeness (QED) is 0.590. The van der Waals surface area contributed by atoms with E-state index < -0.39 is 5.91 Å². The van der Waals surface area contributed by atoms with Gasteiger partial charge in [0.25, 0.3) is 5.91 Å². The minimum Gasteiger partial charge on any atom is -0.494 e. The van der Waals surface area contributed by atoms with Gasteiger partial charge in [-0.15, -0.1) is 0 Å². The van der Waals surface area contributed by atoms with Crippen molar-refractivity contribution in [1.82, 2.24) is 0 Å². The number of rotatable bonds is 7. The van der Waals surface area contributed by atoms with Gasteiger partial charge in [-0.1, -0.05) is 19.1 Å². The smallest absolute Gasteiger partial charge is 0.267 e. The number of nitrogens with zero attached hydrogens (tertiary/aromatic N) is 1. The normalized spacial score (nSPS) is 10.7. The highest BCUT2D eigenvalue weighted by Crippen LogP contribution is 2.16. The standard InChI is InChI=1S/C20H21N3O2/c1-3-15-5-7-17(8-6-15)22-14-16(13-21)20(24)23-18-9-11-19(12-10-18)25-4-2/h5-12,14,22H,3-4H2,1-2H3,(H,23,24)/b16-14-. The van der Waals surface area contributed by atoms with Crippen molar-refractivity contribution in [3.05, 3.63) is 65.9 Å². The van der Waals surface area contributed by atoms with Crippen LogP contribution in [0, 0.1) is 11.3 Å². The molecule has 25 heavy (non-hydrogen) atoms. The maximum absolute atomic E-state index is 12.2. The van der Waals surface area contributed by atoms with Gasteiger partial charge in [0, 0.05) is 17.6 Å². The van der Waals surface area contributed by atoms with E-state index in [1.54, 1.807) is 24.3 Å². The number of hydrogen-bond donors (Lipinski definition) is 2. The van der Waals surface area contributed by atoms with Crippen LogP contribution in [0.15, 0.2) is 60.3 Å². The first-order valence-electron chi connectivity index (χ1n) is 8.16. The summed E-state index contributed by atoms with van der Waals surface area (Å²) in [4.78, 5) is 12.2. The number of hydrogen-bond acceptors (Lipinski definition) is 4. The van der Waals surface area contributed by atoms with Crippen LogP contribution in [-0.4, -0.2) is 12.5 Å². The Balaban J connectivity index is 2.00. The van der Waals surface area contributed by atoms with E-state index in [-0.39, 0.29) is 5.57 Å². The molecule has 0 atom stereocenters. The van der Waals surface area contributed by atoms with E-state index in [4.69, 9.17) is 4.74 Å². The lowest BCUT2D eigenvalue weighted by Crippen LogP contribution is -2.14. The molecule has 0 saturated heterocycles. The summed E-state index contributed by atoms with van der Waals surface area (Å²) >= 11 is 0. The minimum atomic E-state index is -0.468. The molecule has 0 heterocycles. The fraction of sp³-hybridized carbons (Fsp3) is 0.200. The molecule has 2 aromatic carbocycles. The highest BCUT2D eigenvalue weighted by Gasteiger charge is 2.09. The molecule has 0 bridgehead atoms. The molecule has 0 unspecified atom stereocenters. The van der Waals surface area contributed by atoms with Crippen LogP contribution >= 0.6 is 0 Å². The second kappa shape index (κ2) is 9.14. The Morgan fingerprint density at radius 1 is 1.08 bits per heavy atom. The summed E-state index contributed by atoms with van der Waals surface area (Å²) in [5.41, 5.74) is 2.64. The Morgan fingerprint density at radius 3 is 2.28 bits per heavy atom. The molecular weight excluding hydrogens is 314 g/mol. The van der Waals surface area contributed by atoms with Gasteiger partial charge in [0.05, 0.1) is 6.61 Å². The lowest BCUT2D eigenvalue weighted by molar-refractivity contribution is -0.112. The molecule has 2 rings (SSSR count). The number of carbonyl (C=O) groups excluding carboxylic acids is 1. The van der Waals surface area contributed by atoms with Crippen LogP contribution in [0.2, 0.25) is 0 Å². The van der Waals surface area contributed by atoms with Gasteiger partial charge in [-0.25, -0.2) is 0 Å². The molecule has 0 aromatic heterocycles. The van der Waals surface area contributed by atoms with Crippen molar-refractivity contribution in [1.29, 1.82) is 5.26 Å². The average molecular weight is 335 g/mol. The number of nitrogens with one attached hydrogen (secondary N) is 2. The second-order valence-corrected chi connectivity index (χ2v) is 5.28. The number of nitriles is 1. The summed E-state index contributed by atoms with van der Waals surface area (Å²) in [6.07, 6.45) is 2.37. The van der Waals surface area contributed by atoms with Gasteiger partial charge >= 0.3 is 0 Å². The molecule has 0 aliphatic heterocycles. The van der Waals surface area contributed by atoms with Crippen LogP contribution in [0.3, 0.4) is 0 Å². The Bertz CT molecular complexity index is 772. The van der Waals surface area contributed by atoms with Crippen LogP contribution in [0.25, 0.3) is 0 Å². The van der Waals surface area contributed by atoms with Gasteiger partial charge in [-0.3, -0.25) is 4.79 Å². The van der Waals surface area contributed by atoms with Gasteiger partial charge in [-0.05, 0) is 55.3 Å². The second-order valence-electron chi connectivity index (χ2n) is 5.28. The summed E-state index contributed by atoms with van der Waals surface area (Å²) in [5.74, 6) is 0.262. The van der Waals surface area contributed by atoms with Crippen molar-refractivity contribution < 1.29 is 9.53 Å². The number of anilines is 2. The van der Waals surface area contributed by atoms with Crippen molar-refractivity contribution >= 4 is 17.3 Å². The minimum absolute atomic E-state index is 0.00606. The SMILES string of the molecule is CCOc1ccc(NC(=O)/C(C#N)=C\Nc2ccc(CC)cc2)cc1. The molecule has 0 radical (unpaired) electrons. The van der Waals surface area contributed by atoms with Crippen molar-refractivity contribution in [2.45, 2.75) is 20.3 Å². The first-order valence-corrected chi connectivity index (χ1v) is 8.16. The zero-order valence-corrected chi connectivity index (χ0v) is 14.4. The van der Waals surface area contributed by atoms with E-state index in [2.05, 4.69) is 17.6 Å². The zero-order valence-electron chi connectivity index (χ0n) is 14.4. The van der Waals surface area contributed by atoms with E-state index in [9.17, 15) is 10.1 Å². The summed E-state index contributed by atoms with van der Waals surface area (Å²) in [6.45, 7) is 4.57. The Hall–Kier alpha value is -3.26. The first-order chi connectivity index (χ1) is 12.2. The molecule has 5 heteroatoms. The van der Waals surface area contributed by atoms with Crippen molar-refractivity contribution in [3.63, 3.8) is 0 Å². The zero-order chi connectivity index (χ0) is 18.1. The maximum Gasteiger partial charge on any atom is 0.267 e. The number of ether oxygens (including phenoxy) is 1. The Labute approximate surface area is 147 Å². The van der Waals surface area contributed by atoms with Crippen LogP contribution in [0.4, 0.5) is 11.4 Å². The lowest BCUT2D eigenvalue weighted by Gasteiger charge is -2.07. The summed E-state index contributed by atoms with van der Waals surface area (Å²) in [6, 6.07) is 16.7. The molecule has 2 aromatic rings. The van der Waals surface area contributed by atoms with Crippen LogP contribution in [-0.2, 0) is 11.2 Å². The van der Waals surface area contributed by atoms with Gasteiger partial charge in [0.15, 0.2) is 0 Å². The van der Waals surface area contributed by atoms with E-state index in [0.717, 1.165) is 17.9 Å². The molecule has 0 saturated carbocycles. The van der Waals surface area contributed by atoms with Crippen LogP contribution in [0.5, 0.6) is 5.75 Å². The van der Waals surface area contributed by atoms with Crippen molar-refractivity contribution in [2.24, 2.45) is 0 Å². The third-order valence-corrected chi connectivity index (χ3v) is 3.53. The van der Waals surface area contributed by atoms with E-state index in [1.165, 1.54) is 11.8 Å². The van der Waals surface area contributed by atoms with Crippen LogP contribution in [0.1, 0.15) is 19.4 Å².